The first-order chi connectivity index (χ1) is 6.02. The van der Waals surface area contributed by atoms with Gasteiger partial charge in [-0.25, -0.2) is 0 Å². The van der Waals surface area contributed by atoms with E-state index >= 15 is 0 Å². The minimum absolute atomic E-state index is 0.00380. The number of nitrogens with zero attached hydrogens (tertiary/aromatic N) is 1. The second-order valence-corrected chi connectivity index (χ2v) is 3.41. The van der Waals surface area contributed by atoms with Crippen LogP contribution in [0.5, 0.6) is 0 Å². The fraction of sp³-hybridized carbons (Fsp3) is 0.889. The lowest BCUT2D eigenvalue weighted by Crippen LogP contribution is -2.40. The summed E-state index contributed by atoms with van der Waals surface area (Å²) in [6, 6.07) is -0.197. The number of likely N-dealkylation sites (N-methyl/N-ethyl adjacent to an activating group) is 1. The molecule has 0 aliphatic heterocycles. The minimum Gasteiger partial charge on any atom is -0.394 e. The van der Waals surface area contributed by atoms with E-state index in [9.17, 15) is 4.79 Å². The van der Waals surface area contributed by atoms with Crippen molar-refractivity contribution in [2.45, 2.75) is 38.8 Å². The Labute approximate surface area is 79.7 Å². The van der Waals surface area contributed by atoms with Crippen LogP contribution in [0.2, 0.25) is 0 Å². The van der Waals surface area contributed by atoms with Crippen LogP contribution in [0.1, 0.15) is 26.7 Å². The van der Waals surface area contributed by atoms with Crippen molar-refractivity contribution in [3.05, 3.63) is 0 Å². The summed E-state index contributed by atoms with van der Waals surface area (Å²) >= 11 is 0. The third kappa shape index (κ3) is 4.24. The van der Waals surface area contributed by atoms with Crippen LogP contribution < -0.4 is 5.73 Å². The fourth-order valence-electron chi connectivity index (χ4n) is 0.881. The molecule has 0 heterocycles. The van der Waals surface area contributed by atoms with Crippen LogP contribution in [0.15, 0.2) is 0 Å². The average molecular weight is 188 g/mol. The maximum Gasteiger partial charge on any atom is 0.224 e. The van der Waals surface area contributed by atoms with E-state index in [1.807, 2.05) is 6.92 Å². The topological polar surface area (TPSA) is 66.6 Å². The lowest BCUT2D eigenvalue weighted by molar-refractivity contribution is -0.132. The molecule has 0 fully saturated rings. The Bertz CT molecular complexity index is 162. The number of nitrogens with two attached hydrogens (primary N) is 1. The second kappa shape index (κ2) is 5.94. The quantitative estimate of drug-likeness (QED) is 0.636. The Balaban J connectivity index is 3.96. The highest BCUT2D eigenvalue weighted by Gasteiger charge is 2.16. The Morgan fingerprint density at radius 1 is 1.62 bits per heavy atom. The van der Waals surface area contributed by atoms with Crippen molar-refractivity contribution >= 4 is 5.91 Å². The van der Waals surface area contributed by atoms with Gasteiger partial charge in [-0.3, -0.25) is 4.79 Å². The summed E-state index contributed by atoms with van der Waals surface area (Å²) in [5.74, 6) is -0.00380. The van der Waals surface area contributed by atoms with Gasteiger partial charge >= 0.3 is 0 Å². The average Bonchev–Trinajstić information content (AvgIpc) is 2.14. The molecule has 2 unspecified atom stereocenters. The zero-order valence-electron chi connectivity index (χ0n) is 8.66. The number of hydrogen-bond acceptors (Lipinski definition) is 3. The molecule has 0 spiro atoms. The number of carbonyl (C=O) groups is 1. The number of amides is 1. The first-order valence-corrected chi connectivity index (χ1v) is 4.65. The van der Waals surface area contributed by atoms with Gasteiger partial charge in [-0.05, 0) is 13.3 Å². The van der Waals surface area contributed by atoms with E-state index in [2.05, 4.69) is 0 Å². The molecule has 0 aromatic rings. The molecule has 4 nitrogen and oxygen atoms in total. The molecule has 0 aliphatic rings. The van der Waals surface area contributed by atoms with Crippen molar-refractivity contribution in [2.24, 2.45) is 5.73 Å². The van der Waals surface area contributed by atoms with Crippen LogP contribution in [-0.4, -0.2) is 41.7 Å². The Hall–Kier alpha value is -0.610. The zero-order valence-corrected chi connectivity index (χ0v) is 8.66. The normalized spacial score (nSPS) is 15.2. The summed E-state index contributed by atoms with van der Waals surface area (Å²) in [7, 11) is 1.69. The van der Waals surface area contributed by atoms with Gasteiger partial charge in [0.2, 0.25) is 5.91 Å². The van der Waals surface area contributed by atoms with E-state index in [4.69, 9.17) is 10.8 Å². The van der Waals surface area contributed by atoms with Crippen molar-refractivity contribution in [1.29, 1.82) is 0 Å². The van der Waals surface area contributed by atoms with E-state index in [0.29, 0.717) is 6.42 Å². The van der Waals surface area contributed by atoms with Gasteiger partial charge in [-0.15, -0.1) is 0 Å². The van der Waals surface area contributed by atoms with Gasteiger partial charge in [0.05, 0.1) is 12.6 Å². The van der Waals surface area contributed by atoms with Crippen LogP contribution in [0.4, 0.5) is 0 Å². The molecule has 0 aromatic heterocycles. The molecule has 13 heavy (non-hydrogen) atoms. The summed E-state index contributed by atoms with van der Waals surface area (Å²) < 4.78 is 0. The monoisotopic (exact) mass is 188 g/mol. The molecular weight excluding hydrogens is 168 g/mol. The SMILES string of the molecule is CCC(N)CC(=O)N(C)C(C)CO. The molecule has 1 amide bonds. The van der Waals surface area contributed by atoms with Gasteiger partial charge < -0.3 is 15.7 Å². The molecule has 0 aliphatic carbocycles. The highest BCUT2D eigenvalue weighted by Crippen LogP contribution is 2.01. The molecule has 0 saturated carbocycles. The van der Waals surface area contributed by atoms with Crippen LogP contribution in [0, 0.1) is 0 Å². The van der Waals surface area contributed by atoms with Gasteiger partial charge in [0.25, 0.3) is 0 Å². The maximum absolute atomic E-state index is 11.4. The van der Waals surface area contributed by atoms with Gasteiger partial charge in [-0.2, -0.15) is 0 Å². The standard InChI is InChI=1S/C9H20N2O2/c1-4-8(10)5-9(13)11(3)7(2)6-12/h7-8,12H,4-6,10H2,1-3H3. The Morgan fingerprint density at radius 2 is 2.15 bits per heavy atom. The number of rotatable bonds is 5. The summed E-state index contributed by atoms with van der Waals surface area (Å²) in [5.41, 5.74) is 5.64. The van der Waals surface area contributed by atoms with E-state index in [0.717, 1.165) is 6.42 Å². The fourth-order valence-corrected chi connectivity index (χ4v) is 0.881. The molecular formula is C9H20N2O2. The Kier molecular flexibility index (Phi) is 5.66. The molecule has 78 valence electrons. The summed E-state index contributed by atoms with van der Waals surface area (Å²) in [6.45, 7) is 3.74. The van der Waals surface area contributed by atoms with Crippen LogP contribution >= 0.6 is 0 Å². The third-order valence-electron chi connectivity index (χ3n) is 2.28. The van der Waals surface area contributed by atoms with E-state index in [-0.39, 0.29) is 24.6 Å². The van der Waals surface area contributed by atoms with Crippen LogP contribution in [0.25, 0.3) is 0 Å². The molecule has 2 atom stereocenters. The highest BCUT2D eigenvalue weighted by molar-refractivity contribution is 5.76. The molecule has 4 heteroatoms. The summed E-state index contributed by atoms with van der Waals surface area (Å²) in [4.78, 5) is 13.0. The molecule has 0 saturated heterocycles. The number of hydrogen-bond donors (Lipinski definition) is 2. The summed E-state index contributed by atoms with van der Waals surface area (Å²) in [5, 5.41) is 8.82. The van der Waals surface area contributed by atoms with E-state index in [1.165, 1.54) is 4.90 Å². The number of aliphatic hydroxyl groups is 1. The Morgan fingerprint density at radius 3 is 2.54 bits per heavy atom. The lowest BCUT2D eigenvalue weighted by atomic mass is 10.1. The highest BCUT2D eigenvalue weighted by atomic mass is 16.3. The number of aliphatic hydroxyl groups excluding tert-OH is 1. The first kappa shape index (κ1) is 12.4. The first-order valence-electron chi connectivity index (χ1n) is 4.65. The van der Waals surface area contributed by atoms with Gasteiger partial charge in [0.1, 0.15) is 0 Å². The van der Waals surface area contributed by atoms with Crippen molar-refractivity contribution < 1.29 is 9.90 Å². The van der Waals surface area contributed by atoms with Crippen molar-refractivity contribution in [3.8, 4) is 0 Å². The van der Waals surface area contributed by atoms with E-state index in [1.54, 1.807) is 14.0 Å². The molecule has 0 aromatic carbocycles. The maximum atomic E-state index is 11.4. The lowest BCUT2D eigenvalue weighted by Gasteiger charge is -2.24. The van der Waals surface area contributed by atoms with Crippen molar-refractivity contribution in [1.82, 2.24) is 4.90 Å². The minimum atomic E-state index is -0.128. The third-order valence-corrected chi connectivity index (χ3v) is 2.28. The van der Waals surface area contributed by atoms with Crippen molar-refractivity contribution in [3.63, 3.8) is 0 Å². The predicted molar refractivity (Wildman–Crippen MR) is 52.2 cm³/mol. The molecule has 0 rings (SSSR count). The van der Waals surface area contributed by atoms with Crippen LogP contribution in [0.3, 0.4) is 0 Å². The predicted octanol–water partition coefficient (Wildman–Crippen LogP) is -0.0470. The summed E-state index contributed by atoms with van der Waals surface area (Å²) in [6.07, 6.45) is 1.16. The molecule has 0 radical (unpaired) electrons. The largest absolute Gasteiger partial charge is 0.394 e. The number of carbonyl (C=O) groups excluding carboxylic acids is 1. The van der Waals surface area contributed by atoms with E-state index < -0.39 is 0 Å². The van der Waals surface area contributed by atoms with Gasteiger partial charge in [0, 0.05) is 19.5 Å². The van der Waals surface area contributed by atoms with Crippen LogP contribution in [-0.2, 0) is 4.79 Å². The smallest absolute Gasteiger partial charge is 0.224 e. The molecule has 0 bridgehead atoms. The van der Waals surface area contributed by atoms with Gasteiger partial charge in [-0.1, -0.05) is 6.92 Å². The zero-order chi connectivity index (χ0) is 10.4. The van der Waals surface area contributed by atoms with Crippen molar-refractivity contribution in [2.75, 3.05) is 13.7 Å². The van der Waals surface area contributed by atoms with Gasteiger partial charge in [0.15, 0.2) is 0 Å². The molecule has 3 N–H and O–H groups in total. The second-order valence-electron chi connectivity index (χ2n) is 3.41.